The van der Waals surface area contributed by atoms with Crippen molar-refractivity contribution in [2.75, 3.05) is 11.1 Å². The van der Waals surface area contributed by atoms with Gasteiger partial charge in [0.15, 0.2) is 0 Å². The number of benzene rings is 1. The summed E-state index contributed by atoms with van der Waals surface area (Å²) < 4.78 is 38.1. The minimum atomic E-state index is -4.49. The average Bonchev–Trinajstić information content (AvgIpc) is 2.82. The average molecular weight is 319 g/mol. The van der Waals surface area contributed by atoms with Crippen molar-refractivity contribution in [3.05, 3.63) is 41.2 Å². The van der Waals surface area contributed by atoms with E-state index in [9.17, 15) is 18.0 Å². The summed E-state index contributed by atoms with van der Waals surface area (Å²) in [7, 11) is 0. The van der Waals surface area contributed by atoms with Gasteiger partial charge in [0.05, 0.1) is 23.1 Å². The summed E-state index contributed by atoms with van der Waals surface area (Å²) in [6.45, 7) is -0.373. The number of nitrogens with two attached hydrogens (primary N) is 1. The van der Waals surface area contributed by atoms with Crippen molar-refractivity contribution >= 4 is 28.9 Å². The van der Waals surface area contributed by atoms with Crippen LogP contribution < -0.4 is 11.1 Å². The van der Waals surface area contributed by atoms with E-state index in [4.69, 9.17) is 17.3 Å². The number of aromatic nitrogens is 2. The molecule has 1 heterocycles. The highest BCUT2D eigenvalue weighted by molar-refractivity contribution is 6.31. The highest BCUT2D eigenvalue weighted by atomic mass is 35.5. The van der Waals surface area contributed by atoms with Gasteiger partial charge >= 0.3 is 6.18 Å². The van der Waals surface area contributed by atoms with Crippen molar-refractivity contribution in [2.45, 2.75) is 12.7 Å². The molecule has 2 aromatic rings. The number of hydrogen-bond donors (Lipinski definition) is 2. The van der Waals surface area contributed by atoms with Crippen LogP contribution in [-0.4, -0.2) is 15.7 Å². The first-order valence-corrected chi connectivity index (χ1v) is 6.08. The lowest BCUT2D eigenvalue weighted by Gasteiger charge is -2.08. The summed E-state index contributed by atoms with van der Waals surface area (Å²) in [5, 5.41) is 6.31. The Balaban J connectivity index is 2.05. The third-order valence-electron chi connectivity index (χ3n) is 2.56. The van der Waals surface area contributed by atoms with Gasteiger partial charge in [-0.15, -0.1) is 0 Å². The van der Waals surface area contributed by atoms with Crippen LogP contribution in [0.2, 0.25) is 5.02 Å². The number of carbonyl (C=O) groups excluding carboxylic acids is 1. The lowest BCUT2D eigenvalue weighted by molar-refractivity contribution is -0.137. The summed E-state index contributed by atoms with van der Waals surface area (Å²) in [6.07, 6.45) is -3.09. The number of anilines is 2. The number of halogens is 4. The molecule has 1 aromatic heterocycles. The monoisotopic (exact) mass is 318 g/mol. The number of nitrogens with zero attached hydrogens (tertiary/aromatic N) is 2. The third-order valence-corrected chi connectivity index (χ3v) is 2.79. The van der Waals surface area contributed by atoms with Crippen molar-refractivity contribution in [3.8, 4) is 0 Å². The minimum Gasteiger partial charge on any atom is -0.397 e. The summed E-state index contributed by atoms with van der Waals surface area (Å²) in [5.41, 5.74) is 5.31. The molecule has 0 aliphatic heterocycles. The van der Waals surface area contributed by atoms with Crippen molar-refractivity contribution < 1.29 is 18.0 Å². The van der Waals surface area contributed by atoms with Gasteiger partial charge in [-0.1, -0.05) is 11.6 Å². The second-order valence-corrected chi connectivity index (χ2v) is 4.64. The quantitative estimate of drug-likeness (QED) is 0.855. The van der Waals surface area contributed by atoms with Gasteiger partial charge < -0.3 is 11.1 Å². The molecule has 2 rings (SSSR count). The van der Waals surface area contributed by atoms with E-state index in [1.165, 1.54) is 12.1 Å². The molecular weight excluding hydrogens is 309 g/mol. The first-order chi connectivity index (χ1) is 9.75. The predicted molar refractivity (Wildman–Crippen MR) is 71.7 cm³/mol. The van der Waals surface area contributed by atoms with E-state index in [0.717, 1.165) is 10.9 Å². The zero-order chi connectivity index (χ0) is 15.6. The first kappa shape index (κ1) is 15.2. The minimum absolute atomic E-state index is 0.288. The van der Waals surface area contributed by atoms with Gasteiger partial charge in [0.2, 0.25) is 5.91 Å². The SMILES string of the molecule is Nc1ccc(Cl)cc1NC(=O)Cn1cc(C(F)(F)F)cn1. The Labute approximate surface area is 122 Å². The highest BCUT2D eigenvalue weighted by Gasteiger charge is 2.32. The van der Waals surface area contributed by atoms with Gasteiger partial charge in [-0.3, -0.25) is 9.48 Å². The fourth-order valence-electron chi connectivity index (χ4n) is 1.57. The number of carbonyl (C=O) groups is 1. The van der Waals surface area contributed by atoms with Crippen LogP contribution in [0.1, 0.15) is 5.56 Å². The molecule has 21 heavy (non-hydrogen) atoms. The molecule has 0 bridgehead atoms. The second kappa shape index (κ2) is 5.65. The maximum Gasteiger partial charge on any atom is 0.419 e. The summed E-state index contributed by atoms with van der Waals surface area (Å²) >= 11 is 5.76. The standard InChI is InChI=1S/C12H10ClF3N4O/c13-8-1-2-9(17)10(3-8)19-11(21)6-20-5-7(4-18-20)12(14,15)16/h1-5H,6,17H2,(H,19,21). The van der Waals surface area contributed by atoms with E-state index in [1.807, 2.05) is 0 Å². The van der Waals surface area contributed by atoms with Crippen LogP contribution in [0.4, 0.5) is 24.5 Å². The number of amides is 1. The van der Waals surface area contributed by atoms with E-state index in [0.29, 0.717) is 16.9 Å². The van der Waals surface area contributed by atoms with Gasteiger partial charge in [0, 0.05) is 11.2 Å². The van der Waals surface area contributed by atoms with Crippen molar-refractivity contribution in [1.29, 1.82) is 0 Å². The molecule has 1 amide bonds. The smallest absolute Gasteiger partial charge is 0.397 e. The van der Waals surface area contributed by atoms with Crippen molar-refractivity contribution in [1.82, 2.24) is 9.78 Å². The molecule has 0 aliphatic carbocycles. The molecule has 5 nitrogen and oxygen atoms in total. The molecule has 0 spiro atoms. The molecule has 0 saturated heterocycles. The van der Waals surface area contributed by atoms with E-state index in [-0.39, 0.29) is 12.2 Å². The molecule has 0 aliphatic rings. The van der Waals surface area contributed by atoms with E-state index < -0.39 is 17.6 Å². The van der Waals surface area contributed by atoms with Crippen LogP contribution in [0.25, 0.3) is 0 Å². The van der Waals surface area contributed by atoms with Crippen LogP contribution in [-0.2, 0) is 17.5 Å². The van der Waals surface area contributed by atoms with Gasteiger partial charge in [-0.05, 0) is 18.2 Å². The Morgan fingerprint density at radius 3 is 2.76 bits per heavy atom. The Bertz CT molecular complexity index is 669. The molecule has 3 N–H and O–H groups in total. The van der Waals surface area contributed by atoms with Crippen molar-refractivity contribution in [3.63, 3.8) is 0 Å². The molecule has 9 heteroatoms. The maximum atomic E-state index is 12.4. The van der Waals surface area contributed by atoms with Gasteiger partial charge in [0.1, 0.15) is 6.54 Å². The number of alkyl halides is 3. The topological polar surface area (TPSA) is 72.9 Å². The summed E-state index contributed by atoms with van der Waals surface area (Å²) in [4.78, 5) is 11.8. The van der Waals surface area contributed by atoms with E-state index >= 15 is 0 Å². The molecule has 112 valence electrons. The lowest BCUT2D eigenvalue weighted by Crippen LogP contribution is -2.19. The molecule has 0 radical (unpaired) electrons. The Morgan fingerprint density at radius 2 is 2.14 bits per heavy atom. The zero-order valence-electron chi connectivity index (χ0n) is 10.5. The highest BCUT2D eigenvalue weighted by Crippen LogP contribution is 2.28. The second-order valence-electron chi connectivity index (χ2n) is 4.20. The van der Waals surface area contributed by atoms with Crippen LogP contribution in [0, 0.1) is 0 Å². The fraction of sp³-hybridized carbons (Fsp3) is 0.167. The van der Waals surface area contributed by atoms with Crippen LogP contribution in [0.15, 0.2) is 30.6 Å². The Kier molecular flexibility index (Phi) is 4.08. The number of nitrogens with one attached hydrogen (secondary N) is 1. The number of rotatable bonds is 3. The predicted octanol–water partition coefficient (Wildman–Crippen LogP) is 2.78. The molecular formula is C12H10ClF3N4O. The van der Waals surface area contributed by atoms with Crippen LogP contribution in [0.5, 0.6) is 0 Å². The normalized spacial score (nSPS) is 11.4. The van der Waals surface area contributed by atoms with E-state index in [1.54, 1.807) is 6.07 Å². The van der Waals surface area contributed by atoms with Gasteiger partial charge in [-0.25, -0.2) is 0 Å². The van der Waals surface area contributed by atoms with Crippen LogP contribution in [0.3, 0.4) is 0 Å². The number of hydrogen-bond acceptors (Lipinski definition) is 3. The van der Waals surface area contributed by atoms with Gasteiger partial charge in [0.25, 0.3) is 0 Å². The Hall–Kier alpha value is -2.22. The molecule has 0 saturated carbocycles. The largest absolute Gasteiger partial charge is 0.419 e. The van der Waals surface area contributed by atoms with E-state index in [2.05, 4.69) is 10.4 Å². The summed E-state index contributed by atoms with van der Waals surface area (Å²) in [5.74, 6) is -0.569. The zero-order valence-corrected chi connectivity index (χ0v) is 11.2. The fourth-order valence-corrected chi connectivity index (χ4v) is 1.74. The third kappa shape index (κ3) is 3.88. The first-order valence-electron chi connectivity index (χ1n) is 5.70. The molecule has 0 atom stereocenters. The number of nitrogen functional groups attached to an aromatic ring is 1. The van der Waals surface area contributed by atoms with Gasteiger partial charge in [-0.2, -0.15) is 18.3 Å². The lowest BCUT2D eigenvalue weighted by atomic mass is 10.2. The maximum absolute atomic E-state index is 12.4. The van der Waals surface area contributed by atoms with Crippen LogP contribution >= 0.6 is 11.6 Å². The summed E-state index contributed by atoms with van der Waals surface area (Å²) in [6, 6.07) is 4.50. The van der Waals surface area contributed by atoms with Crippen molar-refractivity contribution in [2.24, 2.45) is 0 Å². The molecule has 0 fully saturated rings. The molecule has 0 unspecified atom stereocenters. The molecule has 1 aromatic carbocycles. The Morgan fingerprint density at radius 1 is 1.43 bits per heavy atom.